The average Bonchev–Trinajstić information content (AvgIpc) is 3.38. The van der Waals surface area contributed by atoms with E-state index in [2.05, 4.69) is 19.9 Å². The van der Waals surface area contributed by atoms with E-state index in [0.717, 1.165) is 23.8 Å². The standard InChI is InChI=1S/C26H17F5N4O2/c1-12-15(26(29,30)31)11-34-25(37-20-4-3-16(27)23(28)13(20)2)21(12)18-9-19(36)22-17(35-18)6-8-33-24(22)14-5-7-32-10-14/h3-9,11H,10H2,1-2H3,(H,35,36). The summed E-state index contributed by atoms with van der Waals surface area (Å²) in [6.07, 6.45) is 0.643. The van der Waals surface area contributed by atoms with Gasteiger partial charge in [-0.2, -0.15) is 13.2 Å². The van der Waals surface area contributed by atoms with Crippen LogP contribution in [0.3, 0.4) is 0 Å². The van der Waals surface area contributed by atoms with Crippen molar-refractivity contribution in [2.24, 2.45) is 4.99 Å². The molecule has 0 radical (unpaired) electrons. The van der Waals surface area contributed by atoms with E-state index < -0.39 is 28.8 Å². The Bertz CT molecular complexity index is 1690. The molecule has 0 aliphatic carbocycles. The first-order chi connectivity index (χ1) is 17.6. The van der Waals surface area contributed by atoms with Crippen molar-refractivity contribution in [1.29, 1.82) is 0 Å². The molecule has 37 heavy (non-hydrogen) atoms. The van der Waals surface area contributed by atoms with Gasteiger partial charge in [0.05, 0.1) is 40.0 Å². The van der Waals surface area contributed by atoms with Crippen LogP contribution in [0.5, 0.6) is 11.6 Å². The van der Waals surface area contributed by atoms with E-state index in [-0.39, 0.29) is 39.4 Å². The summed E-state index contributed by atoms with van der Waals surface area (Å²) in [6, 6.07) is 4.64. The maximum absolute atomic E-state index is 14.1. The van der Waals surface area contributed by atoms with Crippen molar-refractivity contribution in [3.05, 3.63) is 87.0 Å². The van der Waals surface area contributed by atoms with Crippen LogP contribution in [0.1, 0.15) is 22.4 Å². The molecule has 11 heteroatoms. The van der Waals surface area contributed by atoms with E-state index in [4.69, 9.17) is 4.74 Å². The van der Waals surface area contributed by atoms with Gasteiger partial charge in [-0.1, -0.05) is 0 Å². The number of nitrogens with zero attached hydrogens (tertiary/aromatic N) is 3. The molecule has 0 unspecified atom stereocenters. The number of aromatic nitrogens is 3. The highest BCUT2D eigenvalue weighted by atomic mass is 19.4. The number of benzene rings is 1. The summed E-state index contributed by atoms with van der Waals surface area (Å²) >= 11 is 0. The number of allylic oxidation sites excluding steroid dienone is 1. The minimum Gasteiger partial charge on any atom is -0.438 e. The maximum Gasteiger partial charge on any atom is 0.418 e. The molecule has 1 aliphatic heterocycles. The summed E-state index contributed by atoms with van der Waals surface area (Å²) in [7, 11) is 0. The van der Waals surface area contributed by atoms with Gasteiger partial charge in [0.2, 0.25) is 5.88 Å². The van der Waals surface area contributed by atoms with E-state index >= 15 is 0 Å². The quantitative estimate of drug-likeness (QED) is 0.332. The number of ether oxygens (including phenoxy) is 1. The number of rotatable bonds is 4. The lowest BCUT2D eigenvalue weighted by molar-refractivity contribution is -0.138. The van der Waals surface area contributed by atoms with Crippen LogP contribution in [-0.2, 0) is 6.18 Å². The van der Waals surface area contributed by atoms with Gasteiger partial charge in [-0.3, -0.25) is 14.8 Å². The monoisotopic (exact) mass is 512 g/mol. The third-order valence-electron chi connectivity index (χ3n) is 6.06. The molecule has 0 atom stereocenters. The summed E-state index contributed by atoms with van der Waals surface area (Å²) < 4.78 is 74.7. The van der Waals surface area contributed by atoms with Crippen LogP contribution >= 0.6 is 0 Å². The Morgan fingerprint density at radius 1 is 1.05 bits per heavy atom. The molecule has 4 heterocycles. The van der Waals surface area contributed by atoms with Gasteiger partial charge >= 0.3 is 6.18 Å². The number of fused-ring (bicyclic) bond motifs is 1. The largest absolute Gasteiger partial charge is 0.438 e. The van der Waals surface area contributed by atoms with Crippen LogP contribution in [0, 0.1) is 25.5 Å². The number of hydrogen-bond acceptors (Lipinski definition) is 5. The second-order valence-electron chi connectivity index (χ2n) is 8.37. The van der Waals surface area contributed by atoms with Gasteiger partial charge in [0.1, 0.15) is 5.75 Å². The lowest BCUT2D eigenvalue weighted by Crippen LogP contribution is -2.12. The Morgan fingerprint density at radius 2 is 1.84 bits per heavy atom. The summed E-state index contributed by atoms with van der Waals surface area (Å²) in [5.74, 6) is -2.73. The average molecular weight is 512 g/mol. The third-order valence-corrected chi connectivity index (χ3v) is 6.06. The number of halogens is 5. The van der Waals surface area contributed by atoms with Crippen LogP contribution in [0.15, 0.2) is 52.5 Å². The molecule has 1 aliphatic rings. The first kappa shape index (κ1) is 24.3. The first-order valence-corrected chi connectivity index (χ1v) is 11.0. The van der Waals surface area contributed by atoms with Gasteiger partial charge in [-0.25, -0.2) is 13.8 Å². The van der Waals surface area contributed by atoms with E-state index in [1.807, 2.05) is 0 Å². The van der Waals surface area contributed by atoms with Crippen LogP contribution < -0.4 is 10.2 Å². The van der Waals surface area contributed by atoms with Crippen molar-refractivity contribution in [3.63, 3.8) is 0 Å². The predicted octanol–water partition coefficient (Wildman–Crippen LogP) is 6.16. The molecule has 0 fully saturated rings. The summed E-state index contributed by atoms with van der Waals surface area (Å²) in [6.45, 7) is 2.82. The van der Waals surface area contributed by atoms with Crippen molar-refractivity contribution in [3.8, 4) is 22.9 Å². The zero-order valence-electron chi connectivity index (χ0n) is 19.4. The number of pyridine rings is 3. The number of hydrogen-bond donors (Lipinski definition) is 1. The van der Waals surface area contributed by atoms with E-state index in [0.29, 0.717) is 24.0 Å². The van der Waals surface area contributed by atoms with Crippen molar-refractivity contribution in [2.75, 3.05) is 6.54 Å². The van der Waals surface area contributed by atoms with E-state index in [9.17, 15) is 26.7 Å². The predicted molar refractivity (Wildman–Crippen MR) is 128 cm³/mol. The zero-order valence-corrected chi connectivity index (χ0v) is 19.4. The Kier molecular flexibility index (Phi) is 5.85. The van der Waals surface area contributed by atoms with Gasteiger partial charge in [0.25, 0.3) is 0 Å². The molecule has 1 N–H and O–H groups in total. The molecule has 0 spiro atoms. The van der Waals surface area contributed by atoms with Gasteiger partial charge in [-0.05, 0) is 43.7 Å². The fourth-order valence-electron chi connectivity index (χ4n) is 4.19. The number of alkyl halides is 3. The molecule has 4 aromatic rings. The second kappa shape index (κ2) is 8.91. The Hall–Kier alpha value is -4.41. The van der Waals surface area contributed by atoms with Crippen molar-refractivity contribution >= 4 is 22.7 Å². The molecule has 6 nitrogen and oxygen atoms in total. The Labute approximate surface area is 206 Å². The number of aromatic amines is 1. The van der Waals surface area contributed by atoms with Crippen molar-refractivity contribution < 1.29 is 26.7 Å². The Morgan fingerprint density at radius 3 is 2.54 bits per heavy atom. The SMILES string of the molecule is Cc1c(Oc2ncc(C(F)(F)F)c(C)c2-c2cc(=O)c3c(C4=CC=NC4)nccc3[nH]2)ccc(F)c1F. The zero-order chi connectivity index (χ0) is 26.5. The molecular weight excluding hydrogens is 495 g/mol. The summed E-state index contributed by atoms with van der Waals surface area (Å²) in [5, 5.41) is 0.250. The summed E-state index contributed by atoms with van der Waals surface area (Å²) in [4.78, 5) is 28.5. The third kappa shape index (κ3) is 4.26. The molecular formula is C26H17F5N4O2. The minimum absolute atomic E-state index is 0.00219. The van der Waals surface area contributed by atoms with Crippen molar-refractivity contribution in [1.82, 2.24) is 15.0 Å². The molecule has 0 saturated heterocycles. The van der Waals surface area contributed by atoms with Gasteiger partial charge in [0, 0.05) is 35.8 Å². The fourth-order valence-corrected chi connectivity index (χ4v) is 4.19. The maximum atomic E-state index is 14.1. The van der Waals surface area contributed by atoms with Crippen LogP contribution in [-0.4, -0.2) is 27.7 Å². The molecule has 188 valence electrons. The van der Waals surface area contributed by atoms with Gasteiger partial charge in [0.15, 0.2) is 17.1 Å². The smallest absolute Gasteiger partial charge is 0.418 e. The fraction of sp³-hybridized carbons (Fsp3) is 0.154. The highest BCUT2D eigenvalue weighted by Crippen LogP contribution is 2.41. The molecule has 0 saturated carbocycles. The normalized spacial score (nSPS) is 13.3. The Balaban J connectivity index is 1.73. The molecule has 3 aromatic heterocycles. The molecule has 1 aromatic carbocycles. The molecule has 0 amide bonds. The second-order valence-corrected chi connectivity index (χ2v) is 8.37. The van der Waals surface area contributed by atoms with Crippen LogP contribution in [0.25, 0.3) is 27.7 Å². The lowest BCUT2D eigenvalue weighted by atomic mass is 10.00. The van der Waals surface area contributed by atoms with Crippen molar-refractivity contribution in [2.45, 2.75) is 20.0 Å². The highest BCUT2D eigenvalue weighted by molar-refractivity contribution is 5.97. The number of nitrogens with one attached hydrogen (secondary N) is 1. The molecule has 0 bridgehead atoms. The number of H-pyrrole nitrogens is 1. The highest BCUT2D eigenvalue weighted by Gasteiger charge is 2.35. The lowest BCUT2D eigenvalue weighted by Gasteiger charge is -2.18. The molecule has 5 rings (SSSR count). The number of aliphatic imine (C=N–C) groups is 1. The van der Waals surface area contributed by atoms with Gasteiger partial charge < -0.3 is 9.72 Å². The minimum atomic E-state index is -4.74. The first-order valence-electron chi connectivity index (χ1n) is 11.0. The van der Waals surface area contributed by atoms with Crippen LogP contribution in [0.2, 0.25) is 0 Å². The van der Waals surface area contributed by atoms with Crippen LogP contribution in [0.4, 0.5) is 22.0 Å². The van der Waals surface area contributed by atoms with Gasteiger partial charge in [-0.15, -0.1) is 0 Å². The van der Waals surface area contributed by atoms with E-state index in [1.165, 1.54) is 26.1 Å². The summed E-state index contributed by atoms with van der Waals surface area (Å²) in [5.41, 5.74) is -0.694. The topological polar surface area (TPSA) is 80.2 Å². The van der Waals surface area contributed by atoms with E-state index in [1.54, 1.807) is 12.3 Å².